The van der Waals surface area contributed by atoms with Crippen LogP contribution in [0.5, 0.6) is 0 Å². The molecule has 0 bridgehead atoms. The first-order chi connectivity index (χ1) is 5.77. The molecule has 1 nitrogen and oxygen atoms in total. The molecule has 0 unspecified atom stereocenters. The number of halogens is 1. The Labute approximate surface area is 85.0 Å². The minimum absolute atomic E-state index is 0.737. The molecule has 0 fully saturated rings. The summed E-state index contributed by atoms with van der Waals surface area (Å²) in [7, 11) is 0. The fraction of sp³-hybridized carbons (Fsp3) is 0. The number of benzene rings is 1. The summed E-state index contributed by atoms with van der Waals surface area (Å²) in [6.45, 7) is 0. The second-order valence-corrected chi connectivity index (χ2v) is 3.23. The van der Waals surface area contributed by atoms with E-state index >= 15 is 0 Å². The van der Waals surface area contributed by atoms with E-state index in [1.54, 1.807) is 6.20 Å². The molecule has 0 saturated carbocycles. The van der Waals surface area contributed by atoms with Gasteiger partial charge in [0.25, 0.3) is 0 Å². The Morgan fingerprint density at radius 3 is 2.92 bits per heavy atom. The summed E-state index contributed by atoms with van der Waals surface area (Å²) in [5.41, 5.74) is 0.961. The first-order valence-corrected chi connectivity index (χ1v) is 4.16. The molecule has 1 aromatic carbocycles. The van der Waals surface area contributed by atoms with Crippen molar-refractivity contribution in [2.75, 3.05) is 0 Å². The molecule has 3 heteroatoms. The third kappa shape index (κ3) is 1.36. The van der Waals surface area contributed by atoms with Gasteiger partial charge in [-0.2, -0.15) is 0 Å². The molecule has 0 N–H and O–H groups in total. The topological polar surface area (TPSA) is 12.9 Å². The van der Waals surface area contributed by atoms with Crippen molar-refractivity contribution in [3.05, 3.63) is 35.5 Å². The monoisotopic (exact) mass is 169 g/mol. The summed E-state index contributed by atoms with van der Waals surface area (Å²) in [5, 5.41) is 1.91. The van der Waals surface area contributed by atoms with E-state index in [4.69, 9.17) is 11.6 Å². The van der Waals surface area contributed by atoms with Crippen LogP contribution in [0.3, 0.4) is 0 Å². The number of hydrogen-bond acceptors (Lipinski definition) is 1. The van der Waals surface area contributed by atoms with Crippen molar-refractivity contribution in [3.8, 4) is 0 Å². The van der Waals surface area contributed by atoms with E-state index in [0.717, 1.165) is 10.5 Å². The van der Waals surface area contributed by atoms with Gasteiger partial charge in [0.15, 0.2) is 0 Å². The van der Waals surface area contributed by atoms with Crippen molar-refractivity contribution >= 4 is 44.5 Å². The molecule has 2 rings (SSSR count). The van der Waals surface area contributed by atoms with Crippen LogP contribution in [0, 0.1) is 0 Å². The van der Waals surface area contributed by atoms with E-state index in [1.165, 1.54) is 9.62 Å². The molecule has 2 aromatic rings. The third-order valence-corrected chi connectivity index (χ3v) is 2.16. The molecule has 0 atom stereocenters. The molecule has 54 valence electrons. The fourth-order valence-electron chi connectivity index (χ4n) is 1.26. The molecule has 1 aromatic heterocycles. The molecule has 0 spiro atoms. The third-order valence-electron chi connectivity index (χ3n) is 1.92. The van der Waals surface area contributed by atoms with Crippen LogP contribution in [0.25, 0.3) is 10.9 Å². The predicted octanol–water partition coefficient (Wildman–Crippen LogP) is 1.68. The van der Waals surface area contributed by atoms with E-state index in [9.17, 15) is 0 Å². The van der Waals surface area contributed by atoms with Gasteiger partial charge in [0.1, 0.15) is 0 Å². The molecule has 0 aliphatic rings. The number of fused-ring (bicyclic) bond motifs is 1. The van der Waals surface area contributed by atoms with Gasteiger partial charge in [0.05, 0.1) is 0 Å². The first kappa shape index (κ1) is 8.13. The zero-order valence-corrected chi connectivity index (χ0v) is 7.47. The van der Waals surface area contributed by atoms with Crippen LogP contribution in [0.1, 0.15) is 0 Å². The Morgan fingerprint density at radius 2 is 2.08 bits per heavy atom. The van der Waals surface area contributed by atoms with Gasteiger partial charge >= 0.3 is 84.9 Å². The van der Waals surface area contributed by atoms with E-state index in [-0.39, 0.29) is 0 Å². The van der Waals surface area contributed by atoms with Crippen molar-refractivity contribution < 1.29 is 0 Å². The van der Waals surface area contributed by atoms with Crippen LogP contribution < -0.4 is 4.24 Å². The standard InChI is InChI=1S/C9H5ClN.Li/c10-8-4-3-7-2-1-5-11-9(7)6-8;/h1,3-6H;. The maximum atomic E-state index is 5.83. The van der Waals surface area contributed by atoms with Gasteiger partial charge in [-0.3, -0.25) is 0 Å². The average molecular weight is 170 g/mol. The number of nitrogens with zero attached hydrogens (tertiary/aromatic N) is 1. The Morgan fingerprint density at radius 1 is 1.25 bits per heavy atom. The van der Waals surface area contributed by atoms with Gasteiger partial charge < -0.3 is 0 Å². The number of pyridine rings is 1. The van der Waals surface area contributed by atoms with Gasteiger partial charge in [0.2, 0.25) is 0 Å². The number of aromatic nitrogens is 1. The molecular formula is C9H5ClLiN. The second kappa shape index (κ2) is 3.10. The molecule has 0 aliphatic carbocycles. The van der Waals surface area contributed by atoms with Crippen molar-refractivity contribution in [1.82, 2.24) is 4.98 Å². The van der Waals surface area contributed by atoms with E-state index < -0.39 is 0 Å². The molecule has 0 amide bonds. The molecule has 1 heterocycles. The van der Waals surface area contributed by atoms with E-state index in [0.29, 0.717) is 0 Å². The first-order valence-electron chi connectivity index (χ1n) is 3.78. The summed E-state index contributed by atoms with van der Waals surface area (Å²) in [4.78, 5) is 4.22. The quantitative estimate of drug-likeness (QED) is 0.547. The Kier molecular flexibility index (Phi) is 2.10. The summed E-state index contributed by atoms with van der Waals surface area (Å²) in [6.07, 6.45) is 1.80. The van der Waals surface area contributed by atoms with Gasteiger partial charge in [-0.25, -0.2) is 0 Å². The van der Waals surface area contributed by atoms with Crippen molar-refractivity contribution in [2.45, 2.75) is 0 Å². The van der Waals surface area contributed by atoms with Crippen LogP contribution in [0.15, 0.2) is 30.5 Å². The number of rotatable bonds is 0. The second-order valence-electron chi connectivity index (χ2n) is 2.79. The van der Waals surface area contributed by atoms with E-state index in [2.05, 4.69) is 22.7 Å². The van der Waals surface area contributed by atoms with Crippen molar-refractivity contribution in [2.24, 2.45) is 0 Å². The average Bonchev–Trinajstić information content (AvgIpc) is 2.04. The van der Waals surface area contributed by atoms with Crippen LogP contribution in [0.4, 0.5) is 0 Å². The van der Waals surface area contributed by atoms with Crippen LogP contribution >= 0.6 is 11.6 Å². The Hall–Kier alpha value is -0.483. The Balaban J connectivity index is 2.86. The summed E-state index contributed by atoms with van der Waals surface area (Å²) in [6, 6.07) is 7.76. The number of hydrogen-bond donors (Lipinski definition) is 0. The zero-order chi connectivity index (χ0) is 8.55. The summed E-state index contributed by atoms with van der Waals surface area (Å²) >= 11 is 7.90. The van der Waals surface area contributed by atoms with Gasteiger partial charge in [-0.15, -0.1) is 0 Å². The minimum atomic E-state index is 0.737. The SMILES string of the molecule is [Li][c]1ccnc2cc(Cl)ccc12. The molecule has 0 radical (unpaired) electrons. The van der Waals surface area contributed by atoms with Crippen LogP contribution in [-0.4, -0.2) is 22.7 Å². The zero-order valence-electron chi connectivity index (χ0n) is 6.71. The van der Waals surface area contributed by atoms with Crippen molar-refractivity contribution in [3.63, 3.8) is 0 Å². The normalized spacial score (nSPS) is 10.6. The molecule has 12 heavy (non-hydrogen) atoms. The fourth-order valence-corrected chi connectivity index (χ4v) is 1.43. The molecule has 0 saturated heterocycles. The Bertz CT molecular complexity index is 428. The maximum absolute atomic E-state index is 5.83. The van der Waals surface area contributed by atoms with Crippen LogP contribution in [-0.2, 0) is 0 Å². The molecule has 0 aliphatic heterocycles. The van der Waals surface area contributed by atoms with Gasteiger partial charge in [0, 0.05) is 0 Å². The van der Waals surface area contributed by atoms with Crippen LogP contribution in [0.2, 0.25) is 5.02 Å². The van der Waals surface area contributed by atoms with Gasteiger partial charge in [-0.05, 0) is 0 Å². The van der Waals surface area contributed by atoms with Gasteiger partial charge in [-0.1, -0.05) is 0 Å². The predicted molar refractivity (Wildman–Crippen MR) is 52.1 cm³/mol. The summed E-state index contributed by atoms with van der Waals surface area (Å²) in [5.74, 6) is 0. The van der Waals surface area contributed by atoms with E-state index in [1.807, 2.05) is 24.3 Å². The molecular weight excluding hydrogens is 164 g/mol. The summed E-state index contributed by atoms with van der Waals surface area (Å²) < 4.78 is 1.23. The van der Waals surface area contributed by atoms with Crippen molar-refractivity contribution in [1.29, 1.82) is 0 Å².